The Morgan fingerprint density at radius 1 is 1.16 bits per heavy atom. The highest BCUT2D eigenvalue weighted by Gasteiger charge is 2.16. The molecule has 1 heterocycles. The van der Waals surface area contributed by atoms with E-state index < -0.39 is 18.5 Å². The second-order valence-electron chi connectivity index (χ2n) is 5.20. The molecule has 0 saturated carbocycles. The van der Waals surface area contributed by atoms with Crippen molar-refractivity contribution in [1.82, 2.24) is 5.32 Å². The third-order valence-corrected chi connectivity index (χ3v) is 4.11. The summed E-state index contributed by atoms with van der Waals surface area (Å²) in [6, 6.07) is 9.90. The first-order valence-corrected chi connectivity index (χ1v) is 8.41. The van der Waals surface area contributed by atoms with E-state index in [1.807, 2.05) is 28.7 Å². The molecule has 0 saturated heterocycles. The van der Waals surface area contributed by atoms with Gasteiger partial charge in [-0.2, -0.15) is 0 Å². The summed E-state index contributed by atoms with van der Waals surface area (Å²) in [6.45, 7) is 0.0160. The predicted octanol–water partition coefficient (Wildman–Crippen LogP) is 2.20. The molecule has 7 nitrogen and oxygen atoms in total. The van der Waals surface area contributed by atoms with Gasteiger partial charge in [-0.3, -0.25) is 4.79 Å². The average Bonchev–Trinajstić information content (AvgIpc) is 3.07. The molecule has 0 radical (unpaired) electrons. The zero-order valence-corrected chi connectivity index (χ0v) is 15.1. The summed E-state index contributed by atoms with van der Waals surface area (Å²) in [6.07, 6.45) is 0. The van der Waals surface area contributed by atoms with Gasteiger partial charge < -0.3 is 24.6 Å². The number of halogens is 1. The summed E-state index contributed by atoms with van der Waals surface area (Å²) < 4.78 is 16.2. The summed E-state index contributed by atoms with van der Waals surface area (Å²) in [7, 11) is 0. The molecule has 0 aromatic heterocycles. The number of ether oxygens (including phenoxy) is 3. The molecule has 3 rings (SSSR count). The number of rotatable bonds is 5. The van der Waals surface area contributed by atoms with Crippen molar-refractivity contribution in [2.24, 2.45) is 0 Å². The van der Waals surface area contributed by atoms with Crippen LogP contribution >= 0.6 is 22.6 Å². The predicted molar refractivity (Wildman–Crippen MR) is 95.5 cm³/mol. The van der Waals surface area contributed by atoms with E-state index in [0.717, 1.165) is 9.13 Å². The second-order valence-corrected chi connectivity index (χ2v) is 6.45. The van der Waals surface area contributed by atoms with E-state index in [9.17, 15) is 14.7 Å². The zero-order valence-electron chi connectivity index (χ0n) is 13.0. The lowest BCUT2D eigenvalue weighted by Gasteiger charge is -2.08. The molecule has 25 heavy (non-hydrogen) atoms. The summed E-state index contributed by atoms with van der Waals surface area (Å²) in [5, 5.41) is 12.3. The number of amides is 1. The maximum atomic E-state index is 11.9. The molecule has 2 N–H and O–H groups in total. The monoisotopic (exact) mass is 455 g/mol. The topological polar surface area (TPSA) is 94.1 Å². The molecule has 2 aromatic rings. The highest BCUT2D eigenvalue weighted by molar-refractivity contribution is 14.1. The molecule has 130 valence electrons. The molecule has 1 aliphatic rings. The van der Waals surface area contributed by atoms with Crippen LogP contribution in [0.1, 0.15) is 15.9 Å². The van der Waals surface area contributed by atoms with Gasteiger partial charge in [0.15, 0.2) is 18.1 Å². The van der Waals surface area contributed by atoms with Crippen LogP contribution in [-0.4, -0.2) is 30.4 Å². The number of hydrogen-bond donors (Lipinski definition) is 2. The number of benzene rings is 2. The van der Waals surface area contributed by atoms with Crippen molar-refractivity contribution in [2.45, 2.75) is 6.54 Å². The van der Waals surface area contributed by atoms with Crippen molar-refractivity contribution < 1.29 is 28.9 Å². The quantitative estimate of drug-likeness (QED) is 0.531. The van der Waals surface area contributed by atoms with Gasteiger partial charge in [-0.05, 0) is 58.5 Å². The van der Waals surface area contributed by atoms with Gasteiger partial charge in [-0.25, -0.2) is 4.79 Å². The molecule has 1 amide bonds. The molecule has 1 aliphatic heterocycles. The molecule has 0 aliphatic carbocycles. The molecule has 0 atom stereocenters. The Morgan fingerprint density at radius 3 is 2.80 bits per heavy atom. The van der Waals surface area contributed by atoms with Gasteiger partial charge >= 0.3 is 5.97 Å². The third kappa shape index (κ3) is 4.32. The Hall–Kier alpha value is -2.49. The first kappa shape index (κ1) is 17.3. The third-order valence-electron chi connectivity index (χ3n) is 3.44. The lowest BCUT2D eigenvalue weighted by Crippen LogP contribution is -2.28. The summed E-state index contributed by atoms with van der Waals surface area (Å²) in [5.41, 5.74) is 0.856. The number of hydrogen-bond acceptors (Lipinski definition) is 6. The van der Waals surface area contributed by atoms with Crippen LogP contribution in [0.15, 0.2) is 36.4 Å². The number of aromatic hydroxyl groups is 1. The van der Waals surface area contributed by atoms with Crippen LogP contribution in [0.25, 0.3) is 0 Å². The van der Waals surface area contributed by atoms with Crippen LogP contribution in [0.3, 0.4) is 0 Å². The highest BCUT2D eigenvalue weighted by Crippen LogP contribution is 2.32. The van der Waals surface area contributed by atoms with E-state index in [1.54, 1.807) is 18.2 Å². The highest BCUT2D eigenvalue weighted by atomic mass is 127. The van der Waals surface area contributed by atoms with Crippen LogP contribution in [-0.2, 0) is 16.1 Å². The number of esters is 1. The largest absolute Gasteiger partial charge is 0.507 e. The first-order chi connectivity index (χ1) is 12.0. The first-order valence-electron chi connectivity index (χ1n) is 7.34. The minimum Gasteiger partial charge on any atom is -0.507 e. The van der Waals surface area contributed by atoms with E-state index >= 15 is 0 Å². The van der Waals surface area contributed by atoms with Crippen molar-refractivity contribution in [3.63, 3.8) is 0 Å². The van der Waals surface area contributed by atoms with Crippen molar-refractivity contribution in [2.75, 3.05) is 13.4 Å². The van der Waals surface area contributed by atoms with Gasteiger partial charge in [0, 0.05) is 10.1 Å². The molecule has 0 unspecified atom stereocenters. The minimum atomic E-state index is -0.755. The number of carbonyl (C=O) groups is 2. The van der Waals surface area contributed by atoms with E-state index in [2.05, 4.69) is 5.32 Å². The van der Waals surface area contributed by atoms with Gasteiger partial charge in [-0.15, -0.1) is 0 Å². The van der Waals surface area contributed by atoms with Crippen LogP contribution in [0.5, 0.6) is 17.2 Å². The normalized spacial score (nSPS) is 11.9. The maximum absolute atomic E-state index is 11.9. The van der Waals surface area contributed by atoms with Crippen molar-refractivity contribution in [1.29, 1.82) is 0 Å². The Morgan fingerprint density at radius 2 is 1.96 bits per heavy atom. The Bertz CT molecular complexity index is 823. The molecule has 0 fully saturated rings. The van der Waals surface area contributed by atoms with E-state index in [-0.39, 0.29) is 24.7 Å². The maximum Gasteiger partial charge on any atom is 0.342 e. The minimum absolute atomic E-state index is 0.0236. The molecular formula is C17H14INO6. The Balaban J connectivity index is 1.49. The standard InChI is InChI=1S/C17H14INO6/c18-11-2-3-13(20)12(6-11)17(22)23-8-16(21)19-7-10-1-4-14-15(5-10)25-9-24-14/h1-6,20H,7-9H2,(H,19,21). The lowest BCUT2D eigenvalue weighted by molar-refractivity contribution is -0.124. The van der Waals surface area contributed by atoms with Crippen LogP contribution in [0.4, 0.5) is 0 Å². The Labute approximate surface area is 157 Å². The van der Waals surface area contributed by atoms with Gasteiger partial charge in [0.1, 0.15) is 11.3 Å². The van der Waals surface area contributed by atoms with Crippen molar-refractivity contribution in [3.05, 3.63) is 51.1 Å². The van der Waals surface area contributed by atoms with Gasteiger partial charge in [0.05, 0.1) is 0 Å². The number of fused-ring (bicyclic) bond motifs is 1. The van der Waals surface area contributed by atoms with Crippen molar-refractivity contribution in [3.8, 4) is 17.2 Å². The van der Waals surface area contributed by atoms with E-state index in [4.69, 9.17) is 14.2 Å². The molecular weight excluding hydrogens is 441 g/mol. The molecule has 2 aromatic carbocycles. The molecule has 8 heteroatoms. The fraction of sp³-hybridized carbons (Fsp3) is 0.176. The molecule has 0 bridgehead atoms. The zero-order chi connectivity index (χ0) is 17.8. The van der Waals surface area contributed by atoms with Gasteiger partial charge in [0.25, 0.3) is 5.91 Å². The van der Waals surface area contributed by atoms with Gasteiger partial charge in [0.2, 0.25) is 6.79 Å². The number of carbonyl (C=O) groups excluding carboxylic acids is 2. The van der Waals surface area contributed by atoms with Crippen molar-refractivity contribution >= 4 is 34.5 Å². The summed E-state index contributed by atoms with van der Waals surface area (Å²) >= 11 is 2.01. The van der Waals surface area contributed by atoms with E-state index in [0.29, 0.717) is 11.5 Å². The Kier molecular flexibility index (Phi) is 5.27. The van der Waals surface area contributed by atoms with Crippen LogP contribution in [0, 0.1) is 3.57 Å². The van der Waals surface area contributed by atoms with Crippen LogP contribution in [0.2, 0.25) is 0 Å². The smallest absolute Gasteiger partial charge is 0.342 e. The fourth-order valence-electron chi connectivity index (χ4n) is 2.18. The van der Waals surface area contributed by atoms with E-state index in [1.165, 1.54) is 12.1 Å². The number of nitrogens with one attached hydrogen (secondary N) is 1. The van der Waals surface area contributed by atoms with Gasteiger partial charge in [-0.1, -0.05) is 6.07 Å². The number of phenols is 1. The van der Waals surface area contributed by atoms with Crippen LogP contribution < -0.4 is 14.8 Å². The summed E-state index contributed by atoms with van der Waals surface area (Å²) in [5.74, 6) is -0.0924. The second kappa shape index (κ2) is 7.60. The number of phenolic OH excluding ortho intramolecular Hbond substituents is 1. The average molecular weight is 455 g/mol. The molecule has 0 spiro atoms. The summed E-state index contributed by atoms with van der Waals surface area (Å²) in [4.78, 5) is 23.8. The fourth-order valence-corrected chi connectivity index (χ4v) is 2.67. The lowest BCUT2D eigenvalue weighted by atomic mass is 10.2. The SMILES string of the molecule is O=C(COC(=O)c1cc(I)ccc1O)NCc1ccc2c(c1)OCO2.